The third kappa shape index (κ3) is 3.27. The SMILES string of the molecule is N#CC(=C1c2c(cc(C#N)c(C#N)c2C#N)-c2cc(C#N)c(C#N)c(C#N)c21)c1c(F)c(F)c(F)c(F)c1F. The van der Waals surface area contributed by atoms with Crippen molar-refractivity contribution in [3.05, 3.63) is 91.3 Å². The molecule has 0 bridgehead atoms. The highest BCUT2D eigenvalue weighted by Gasteiger charge is 2.38. The van der Waals surface area contributed by atoms with Gasteiger partial charge in [0.15, 0.2) is 23.3 Å². The molecule has 0 spiro atoms. The monoisotopic (exact) mass is 519 g/mol. The molecule has 0 amide bonds. The molecule has 3 aromatic carbocycles. The molecule has 0 N–H and O–H groups in total. The summed E-state index contributed by atoms with van der Waals surface area (Å²) in [6.07, 6.45) is 0. The van der Waals surface area contributed by atoms with Gasteiger partial charge in [-0.1, -0.05) is 0 Å². The molecule has 0 unspecified atom stereocenters. The van der Waals surface area contributed by atoms with Crippen LogP contribution in [0.2, 0.25) is 0 Å². The van der Waals surface area contributed by atoms with Gasteiger partial charge in [-0.15, -0.1) is 0 Å². The van der Waals surface area contributed by atoms with Crippen LogP contribution in [-0.2, 0) is 0 Å². The van der Waals surface area contributed by atoms with Crippen LogP contribution in [0.15, 0.2) is 12.1 Å². The lowest BCUT2D eigenvalue weighted by molar-refractivity contribution is 0.376. The van der Waals surface area contributed by atoms with Crippen LogP contribution >= 0.6 is 0 Å². The van der Waals surface area contributed by atoms with E-state index in [0.717, 1.165) is 12.1 Å². The zero-order chi connectivity index (χ0) is 28.8. The van der Waals surface area contributed by atoms with Crippen molar-refractivity contribution in [3.63, 3.8) is 0 Å². The predicted octanol–water partition coefficient (Wildman–Crippen LogP) is 5.08. The Kier molecular flexibility index (Phi) is 6.01. The molecule has 3 aromatic rings. The third-order valence-corrected chi connectivity index (χ3v) is 5.95. The van der Waals surface area contributed by atoms with E-state index in [1.54, 1.807) is 36.4 Å². The van der Waals surface area contributed by atoms with E-state index in [2.05, 4.69) is 0 Å². The van der Waals surface area contributed by atoms with Gasteiger partial charge in [0.05, 0.1) is 44.5 Å². The Labute approximate surface area is 215 Å². The standard InChI is InChI=1S/C27H2F5N7/c28-23-22(24(29)26(31)27(32)25(23)30)18(9-39)21-19-12(1-10(3-33)14(5-35)16(19)7-37)13-2-11(4-34)15(6-36)17(8-38)20(13)21/h1-2H. The molecule has 0 fully saturated rings. The van der Waals surface area contributed by atoms with Gasteiger partial charge in [0.25, 0.3) is 0 Å². The van der Waals surface area contributed by atoms with Gasteiger partial charge < -0.3 is 0 Å². The van der Waals surface area contributed by atoms with E-state index in [1.807, 2.05) is 0 Å². The van der Waals surface area contributed by atoms with Gasteiger partial charge in [-0.05, 0) is 23.3 Å². The molecule has 0 aliphatic heterocycles. The first-order valence-corrected chi connectivity index (χ1v) is 10.2. The fraction of sp³-hybridized carbons (Fsp3) is 0. The summed E-state index contributed by atoms with van der Waals surface area (Å²) in [5, 5.41) is 68.2. The summed E-state index contributed by atoms with van der Waals surface area (Å²) >= 11 is 0. The van der Waals surface area contributed by atoms with E-state index >= 15 is 0 Å². The molecule has 1 aliphatic rings. The highest BCUT2D eigenvalue weighted by molar-refractivity contribution is 6.16. The maximum Gasteiger partial charge on any atom is 0.200 e. The van der Waals surface area contributed by atoms with Crippen LogP contribution in [0.1, 0.15) is 50.1 Å². The van der Waals surface area contributed by atoms with Gasteiger partial charge in [0.1, 0.15) is 42.5 Å². The average Bonchev–Trinajstić information content (AvgIpc) is 3.27. The fourth-order valence-corrected chi connectivity index (χ4v) is 4.38. The van der Waals surface area contributed by atoms with Crippen LogP contribution < -0.4 is 0 Å². The number of rotatable bonds is 1. The number of halogens is 5. The lowest BCUT2D eigenvalue weighted by atomic mass is 9.86. The topological polar surface area (TPSA) is 167 Å². The highest BCUT2D eigenvalue weighted by atomic mass is 19.2. The zero-order valence-electron chi connectivity index (χ0n) is 18.7. The molecule has 0 aromatic heterocycles. The second kappa shape index (κ2) is 9.17. The van der Waals surface area contributed by atoms with Crippen molar-refractivity contribution < 1.29 is 22.0 Å². The minimum atomic E-state index is -2.51. The van der Waals surface area contributed by atoms with E-state index in [1.165, 1.54) is 6.07 Å². The van der Waals surface area contributed by atoms with Gasteiger partial charge in [-0.2, -0.15) is 36.8 Å². The van der Waals surface area contributed by atoms with Crippen molar-refractivity contribution in [1.82, 2.24) is 0 Å². The van der Waals surface area contributed by atoms with Crippen molar-refractivity contribution >= 4 is 11.1 Å². The summed E-state index contributed by atoms with van der Waals surface area (Å²) in [6.45, 7) is 0. The molecule has 0 atom stereocenters. The Hall–Kier alpha value is -6.52. The molecule has 0 radical (unpaired) electrons. The van der Waals surface area contributed by atoms with Crippen molar-refractivity contribution in [2.24, 2.45) is 0 Å². The number of benzene rings is 3. The van der Waals surface area contributed by atoms with Crippen molar-refractivity contribution in [3.8, 4) is 53.6 Å². The van der Waals surface area contributed by atoms with Crippen LogP contribution in [0.3, 0.4) is 0 Å². The lowest BCUT2D eigenvalue weighted by Crippen LogP contribution is -2.08. The molecule has 12 heteroatoms. The molecule has 1 aliphatic carbocycles. The normalized spacial score (nSPS) is 10.5. The summed E-state index contributed by atoms with van der Waals surface area (Å²) in [5.41, 5.74) is -7.89. The van der Waals surface area contributed by atoms with Crippen LogP contribution in [0.25, 0.3) is 22.3 Å². The Morgan fingerprint density at radius 1 is 0.487 bits per heavy atom. The molecule has 39 heavy (non-hydrogen) atoms. The minimum Gasteiger partial charge on any atom is -0.203 e. The van der Waals surface area contributed by atoms with Crippen molar-refractivity contribution in [2.75, 3.05) is 0 Å². The number of nitrogens with zero attached hydrogens (tertiary/aromatic N) is 7. The lowest BCUT2D eigenvalue weighted by Gasteiger charge is -2.14. The zero-order valence-corrected chi connectivity index (χ0v) is 18.7. The van der Waals surface area contributed by atoms with Crippen LogP contribution in [0, 0.1) is 108 Å². The van der Waals surface area contributed by atoms with E-state index in [-0.39, 0.29) is 22.3 Å². The first-order valence-electron chi connectivity index (χ1n) is 10.2. The van der Waals surface area contributed by atoms with Crippen molar-refractivity contribution in [2.45, 2.75) is 0 Å². The van der Waals surface area contributed by atoms with Gasteiger partial charge >= 0.3 is 0 Å². The predicted molar refractivity (Wildman–Crippen MR) is 118 cm³/mol. The first-order chi connectivity index (χ1) is 18.7. The van der Waals surface area contributed by atoms with E-state index in [0.29, 0.717) is 0 Å². The quantitative estimate of drug-likeness (QED) is 0.146. The molecule has 4 rings (SSSR count). The summed E-state index contributed by atoms with van der Waals surface area (Å²) in [4.78, 5) is 0. The number of allylic oxidation sites excluding steroid dienone is 1. The molecular weight excluding hydrogens is 517 g/mol. The summed E-state index contributed by atoms with van der Waals surface area (Å²) < 4.78 is 71.9. The Bertz CT molecular complexity index is 1910. The van der Waals surface area contributed by atoms with Crippen molar-refractivity contribution in [1.29, 1.82) is 36.8 Å². The smallest absolute Gasteiger partial charge is 0.200 e. The Morgan fingerprint density at radius 2 is 0.846 bits per heavy atom. The van der Waals surface area contributed by atoms with Gasteiger partial charge in [0, 0.05) is 16.7 Å². The number of hydrogen-bond acceptors (Lipinski definition) is 7. The summed E-state index contributed by atoms with van der Waals surface area (Å²) in [5.74, 6) is -12.1. The molecule has 7 nitrogen and oxygen atoms in total. The molecule has 0 heterocycles. The highest BCUT2D eigenvalue weighted by Crippen LogP contribution is 2.52. The number of fused-ring (bicyclic) bond motifs is 3. The number of nitriles is 7. The molecule has 180 valence electrons. The number of hydrogen-bond donors (Lipinski definition) is 0. The first kappa shape index (κ1) is 25.6. The molecule has 0 saturated heterocycles. The maximum atomic E-state index is 14.9. The Morgan fingerprint density at radius 3 is 1.15 bits per heavy atom. The van der Waals surface area contributed by atoms with Crippen LogP contribution in [0.4, 0.5) is 22.0 Å². The van der Waals surface area contributed by atoms with Gasteiger partial charge in [-0.3, -0.25) is 0 Å². The second-order valence-electron chi connectivity index (χ2n) is 7.67. The largest absolute Gasteiger partial charge is 0.203 e. The summed E-state index contributed by atoms with van der Waals surface area (Å²) in [6, 6.07) is 13.4. The third-order valence-electron chi connectivity index (χ3n) is 5.95. The van der Waals surface area contributed by atoms with Gasteiger partial charge in [0.2, 0.25) is 5.82 Å². The second-order valence-corrected chi connectivity index (χ2v) is 7.67. The van der Waals surface area contributed by atoms with Crippen LogP contribution in [-0.4, -0.2) is 0 Å². The van der Waals surface area contributed by atoms with E-state index < -0.39 is 79.2 Å². The average molecular weight is 519 g/mol. The van der Waals surface area contributed by atoms with E-state index in [9.17, 15) is 58.8 Å². The van der Waals surface area contributed by atoms with Crippen LogP contribution in [0.5, 0.6) is 0 Å². The molecular formula is C27H2F5N7. The molecule has 0 saturated carbocycles. The maximum absolute atomic E-state index is 14.9. The van der Waals surface area contributed by atoms with Gasteiger partial charge in [-0.25, -0.2) is 22.0 Å². The summed E-state index contributed by atoms with van der Waals surface area (Å²) in [7, 11) is 0. The fourth-order valence-electron chi connectivity index (χ4n) is 4.38. The Balaban J connectivity index is 2.45. The van der Waals surface area contributed by atoms with E-state index in [4.69, 9.17) is 0 Å². The minimum absolute atomic E-state index is 0.166.